The monoisotopic (exact) mass is 256 g/mol. The maximum atomic E-state index is 10.6. The Morgan fingerprint density at radius 2 is 2.06 bits per heavy atom. The molecule has 1 fully saturated rings. The number of hydrogen-bond donors (Lipinski definition) is 1. The van der Waals surface area contributed by atoms with Crippen LogP contribution in [0.25, 0.3) is 0 Å². The number of nitro groups is 1. The summed E-state index contributed by atoms with van der Waals surface area (Å²) in [6.07, 6.45) is 1.16. The average molecular weight is 257 g/mol. The van der Waals surface area contributed by atoms with Gasteiger partial charge in [-0.25, -0.2) is 0 Å². The molecule has 2 rings (SSSR count). The first-order valence-corrected chi connectivity index (χ1v) is 5.82. The maximum Gasteiger partial charge on any atom is 0.271 e. The molecule has 0 saturated carbocycles. The van der Waals surface area contributed by atoms with E-state index in [1.54, 1.807) is 6.07 Å². The van der Waals surface area contributed by atoms with E-state index in [9.17, 15) is 15.2 Å². The van der Waals surface area contributed by atoms with Gasteiger partial charge >= 0.3 is 0 Å². The lowest BCUT2D eigenvalue weighted by Crippen LogP contribution is -2.35. The van der Waals surface area contributed by atoms with Gasteiger partial charge in [0.15, 0.2) is 0 Å². The molecular formula is C11H13ClN2O3. The third kappa shape index (κ3) is 2.68. The van der Waals surface area contributed by atoms with Crippen LogP contribution in [0.5, 0.6) is 0 Å². The molecule has 6 heteroatoms. The summed E-state index contributed by atoms with van der Waals surface area (Å²) < 4.78 is 0. The van der Waals surface area contributed by atoms with Crippen molar-refractivity contribution in [3.05, 3.63) is 33.3 Å². The molecule has 17 heavy (non-hydrogen) atoms. The number of aliphatic hydroxyl groups excluding tert-OH is 1. The van der Waals surface area contributed by atoms with E-state index in [4.69, 9.17) is 11.6 Å². The first-order valence-electron chi connectivity index (χ1n) is 5.45. The van der Waals surface area contributed by atoms with Crippen LogP contribution in [0.3, 0.4) is 0 Å². The summed E-state index contributed by atoms with van der Waals surface area (Å²) in [4.78, 5) is 12.2. The highest BCUT2D eigenvalue weighted by atomic mass is 35.5. The highest BCUT2D eigenvalue weighted by Gasteiger charge is 2.20. The van der Waals surface area contributed by atoms with Crippen molar-refractivity contribution in [2.24, 2.45) is 0 Å². The molecule has 0 radical (unpaired) electrons. The highest BCUT2D eigenvalue weighted by Crippen LogP contribution is 2.31. The molecule has 5 nitrogen and oxygen atoms in total. The molecule has 1 aromatic carbocycles. The van der Waals surface area contributed by atoms with Crippen molar-refractivity contribution in [1.29, 1.82) is 0 Å². The molecule has 1 saturated heterocycles. The van der Waals surface area contributed by atoms with Crippen LogP contribution in [0, 0.1) is 10.1 Å². The van der Waals surface area contributed by atoms with Crippen molar-refractivity contribution in [2.45, 2.75) is 18.9 Å². The molecule has 1 aliphatic rings. The molecule has 1 N–H and O–H groups in total. The Labute approximate surface area is 104 Å². The SMILES string of the molecule is O=[N+]([O-])c1ccc(N2CCC(O)CC2)c(Cl)c1. The summed E-state index contributed by atoms with van der Waals surface area (Å²) >= 11 is 6.03. The van der Waals surface area contributed by atoms with E-state index in [0.717, 1.165) is 18.8 Å². The fourth-order valence-corrected chi connectivity index (χ4v) is 2.27. The number of anilines is 1. The second-order valence-corrected chi connectivity index (χ2v) is 4.52. The second kappa shape index (κ2) is 4.89. The summed E-state index contributed by atoms with van der Waals surface area (Å²) in [7, 11) is 0. The normalized spacial score (nSPS) is 17.2. The molecule has 1 heterocycles. The molecule has 0 unspecified atom stereocenters. The third-order valence-electron chi connectivity index (χ3n) is 2.95. The van der Waals surface area contributed by atoms with Crippen LogP contribution in [0.4, 0.5) is 11.4 Å². The molecule has 0 atom stereocenters. The minimum Gasteiger partial charge on any atom is -0.393 e. The number of aliphatic hydroxyl groups is 1. The summed E-state index contributed by atoms with van der Waals surface area (Å²) in [6.45, 7) is 1.44. The fraction of sp³-hybridized carbons (Fsp3) is 0.455. The van der Waals surface area contributed by atoms with Gasteiger partial charge in [0.1, 0.15) is 0 Å². The predicted molar refractivity (Wildman–Crippen MR) is 65.6 cm³/mol. The summed E-state index contributed by atoms with van der Waals surface area (Å²) in [5, 5.41) is 20.4. The quantitative estimate of drug-likeness (QED) is 0.651. The van der Waals surface area contributed by atoms with Crippen LogP contribution in [-0.2, 0) is 0 Å². The van der Waals surface area contributed by atoms with E-state index in [1.807, 2.05) is 4.90 Å². The van der Waals surface area contributed by atoms with Crippen molar-refractivity contribution in [1.82, 2.24) is 0 Å². The zero-order chi connectivity index (χ0) is 12.4. The topological polar surface area (TPSA) is 66.6 Å². The number of piperidine rings is 1. The van der Waals surface area contributed by atoms with Crippen LogP contribution >= 0.6 is 11.6 Å². The lowest BCUT2D eigenvalue weighted by molar-refractivity contribution is -0.384. The van der Waals surface area contributed by atoms with Gasteiger partial charge in [-0.2, -0.15) is 0 Å². The van der Waals surface area contributed by atoms with Crippen molar-refractivity contribution in [2.75, 3.05) is 18.0 Å². The number of rotatable bonds is 2. The van der Waals surface area contributed by atoms with E-state index >= 15 is 0 Å². The molecule has 0 amide bonds. The van der Waals surface area contributed by atoms with E-state index in [-0.39, 0.29) is 11.8 Å². The number of hydrogen-bond acceptors (Lipinski definition) is 4. The Bertz CT molecular complexity index is 431. The average Bonchev–Trinajstić information content (AvgIpc) is 2.30. The van der Waals surface area contributed by atoms with E-state index in [2.05, 4.69) is 0 Å². The van der Waals surface area contributed by atoms with Gasteiger partial charge in [0.05, 0.1) is 21.7 Å². The second-order valence-electron chi connectivity index (χ2n) is 4.11. The van der Waals surface area contributed by atoms with Gasteiger partial charge in [0, 0.05) is 25.2 Å². The van der Waals surface area contributed by atoms with Gasteiger partial charge in [-0.15, -0.1) is 0 Å². The Hall–Kier alpha value is -1.33. The predicted octanol–water partition coefficient (Wildman–Crippen LogP) is 2.21. The number of nitrogens with zero attached hydrogens (tertiary/aromatic N) is 2. The van der Waals surface area contributed by atoms with Crippen molar-refractivity contribution in [3.63, 3.8) is 0 Å². The molecule has 0 aliphatic carbocycles. The molecule has 1 aromatic rings. The number of halogens is 1. The molecular weight excluding hydrogens is 244 g/mol. The van der Waals surface area contributed by atoms with Gasteiger partial charge in [0.25, 0.3) is 5.69 Å². The smallest absolute Gasteiger partial charge is 0.271 e. The van der Waals surface area contributed by atoms with Gasteiger partial charge in [-0.05, 0) is 18.9 Å². The highest BCUT2D eigenvalue weighted by molar-refractivity contribution is 6.33. The van der Waals surface area contributed by atoms with Crippen molar-refractivity contribution < 1.29 is 10.0 Å². The summed E-state index contributed by atoms with van der Waals surface area (Å²) in [6, 6.07) is 4.48. The molecule has 92 valence electrons. The van der Waals surface area contributed by atoms with E-state index < -0.39 is 4.92 Å². The Balaban J connectivity index is 2.19. The first kappa shape index (κ1) is 12.1. The van der Waals surface area contributed by atoms with Crippen molar-refractivity contribution in [3.8, 4) is 0 Å². The first-order chi connectivity index (χ1) is 8.08. The van der Waals surface area contributed by atoms with Gasteiger partial charge in [-0.3, -0.25) is 10.1 Å². The Morgan fingerprint density at radius 3 is 2.59 bits per heavy atom. The van der Waals surface area contributed by atoms with Crippen LogP contribution in [0.1, 0.15) is 12.8 Å². The lowest BCUT2D eigenvalue weighted by atomic mass is 10.1. The summed E-state index contributed by atoms with van der Waals surface area (Å²) in [5.41, 5.74) is 0.792. The van der Waals surface area contributed by atoms with E-state index in [1.165, 1.54) is 12.1 Å². The van der Waals surface area contributed by atoms with Gasteiger partial charge in [-0.1, -0.05) is 11.6 Å². The maximum absolute atomic E-state index is 10.6. The van der Waals surface area contributed by atoms with Crippen molar-refractivity contribution >= 4 is 23.0 Å². The minimum absolute atomic E-state index is 0.00389. The van der Waals surface area contributed by atoms with Crippen LogP contribution in [-0.4, -0.2) is 29.2 Å². The van der Waals surface area contributed by atoms with Gasteiger partial charge in [0.2, 0.25) is 0 Å². The van der Waals surface area contributed by atoms with Gasteiger partial charge < -0.3 is 10.0 Å². The molecule has 0 aromatic heterocycles. The standard InChI is InChI=1S/C11H13ClN2O3/c12-10-7-8(14(16)17)1-2-11(10)13-5-3-9(15)4-6-13/h1-2,7,9,15H,3-6H2. The van der Waals surface area contributed by atoms with Crippen LogP contribution < -0.4 is 4.90 Å². The molecule has 0 bridgehead atoms. The third-order valence-corrected chi connectivity index (χ3v) is 3.25. The van der Waals surface area contributed by atoms with Crippen LogP contribution in [0.2, 0.25) is 5.02 Å². The number of non-ortho nitro benzene ring substituents is 1. The summed E-state index contributed by atoms with van der Waals surface area (Å²) in [5.74, 6) is 0. The minimum atomic E-state index is -0.463. The molecule has 1 aliphatic heterocycles. The zero-order valence-electron chi connectivity index (χ0n) is 9.17. The zero-order valence-corrected chi connectivity index (χ0v) is 9.93. The fourth-order valence-electron chi connectivity index (χ4n) is 1.97. The van der Waals surface area contributed by atoms with Crippen LogP contribution in [0.15, 0.2) is 18.2 Å². The number of benzene rings is 1. The molecule has 0 spiro atoms. The number of nitro benzene ring substituents is 1. The Morgan fingerprint density at radius 1 is 1.41 bits per heavy atom. The Kier molecular flexibility index (Phi) is 3.49. The van der Waals surface area contributed by atoms with E-state index in [0.29, 0.717) is 17.9 Å². The largest absolute Gasteiger partial charge is 0.393 e. The lowest BCUT2D eigenvalue weighted by Gasteiger charge is -2.31.